The number of benzene rings is 1. The van der Waals surface area contributed by atoms with Crippen molar-refractivity contribution in [3.63, 3.8) is 0 Å². The van der Waals surface area contributed by atoms with Gasteiger partial charge in [-0.3, -0.25) is 9.59 Å². The molecule has 1 saturated carbocycles. The van der Waals surface area contributed by atoms with E-state index in [1.54, 1.807) is 0 Å². The summed E-state index contributed by atoms with van der Waals surface area (Å²) in [4.78, 5) is 31.6. The molecule has 0 radical (unpaired) electrons. The highest BCUT2D eigenvalue weighted by Gasteiger charge is 2.24. The van der Waals surface area contributed by atoms with Crippen molar-refractivity contribution in [1.29, 1.82) is 0 Å². The molecule has 0 spiro atoms. The molecule has 2 aromatic heterocycles. The highest BCUT2D eigenvalue weighted by atomic mass is 16.1. The standard InChI is InChI=1S/C32H40N6O2/c1-20-14-22(3)36-32(40)27(20)18-35-31(39)26-15-24(23-8-9-29(34-17-23)37-12-10-33-11-13-37)16-28-30(26)21(2)19-38(28)25-6-4-5-7-25/h8-9,14-16,19,25,33-34H,4-7,10-13,17-18H2,1-3H3,(H,35,39)(H,36,40). The van der Waals surface area contributed by atoms with Crippen LogP contribution in [-0.4, -0.2) is 53.1 Å². The summed E-state index contributed by atoms with van der Waals surface area (Å²) in [6.45, 7) is 10.8. The first kappa shape index (κ1) is 26.4. The minimum atomic E-state index is -0.153. The van der Waals surface area contributed by atoms with Crippen LogP contribution < -0.4 is 21.5 Å². The number of fused-ring (bicyclic) bond motifs is 1. The maximum atomic E-state index is 13.8. The summed E-state index contributed by atoms with van der Waals surface area (Å²) in [6, 6.07) is 6.71. The molecule has 0 unspecified atom stereocenters. The van der Waals surface area contributed by atoms with E-state index >= 15 is 0 Å². The van der Waals surface area contributed by atoms with Crippen LogP contribution in [0, 0.1) is 20.8 Å². The zero-order valence-corrected chi connectivity index (χ0v) is 23.8. The molecule has 0 bridgehead atoms. The molecular weight excluding hydrogens is 500 g/mol. The Morgan fingerprint density at radius 2 is 1.80 bits per heavy atom. The van der Waals surface area contributed by atoms with Gasteiger partial charge in [0, 0.05) is 79.2 Å². The number of rotatable bonds is 6. The lowest BCUT2D eigenvalue weighted by atomic mass is 9.96. The lowest BCUT2D eigenvalue weighted by Crippen LogP contribution is -2.46. The molecule has 0 atom stereocenters. The Morgan fingerprint density at radius 3 is 2.50 bits per heavy atom. The van der Waals surface area contributed by atoms with Crippen LogP contribution in [0.5, 0.6) is 0 Å². The zero-order valence-electron chi connectivity index (χ0n) is 23.8. The maximum absolute atomic E-state index is 13.8. The molecule has 1 amide bonds. The van der Waals surface area contributed by atoms with E-state index in [0.717, 1.165) is 70.9 Å². The third-order valence-corrected chi connectivity index (χ3v) is 8.74. The van der Waals surface area contributed by atoms with Crippen LogP contribution in [0.4, 0.5) is 0 Å². The number of pyridine rings is 1. The zero-order chi connectivity index (χ0) is 27.8. The highest BCUT2D eigenvalue weighted by molar-refractivity contribution is 6.09. The van der Waals surface area contributed by atoms with E-state index in [1.165, 1.54) is 25.7 Å². The van der Waals surface area contributed by atoms with E-state index in [1.807, 2.05) is 26.0 Å². The second kappa shape index (κ2) is 11.0. The van der Waals surface area contributed by atoms with Crippen molar-refractivity contribution in [2.75, 3.05) is 32.7 Å². The lowest BCUT2D eigenvalue weighted by molar-refractivity contribution is 0.0952. The first-order valence-electron chi connectivity index (χ1n) is 14.6. The third-order valence-electron chi connectivity index (χ3n) is 8.74. The topological polar surface area (TPSA) is 94.2 Å². The number of aryl methyl sites for hydroxylation is 3. The summed E-state index contributed by atoms with van der Waals surface area (Å²) in [6.07, 6.45) is 11.4. The first-order chi connectivity index (χ1) is 19.4. The number of aromatic amines is 1. The van der Waals surface area contributed by atoms with Crippen LogP contribution in [0.3, 0.4) is 0 Å². The van der Waals surface area contributed by atoms with Gasteiger partial charge in [-0.1, -0.05) is 18.9 Å². The number of dihydropyridines is 1. The van der Waals surface area contributed by atoms with E-state index < -0.39 is 0 Å². The Bertz CT molecular complexity index is 1560. The monoisotopic (exact) mass is 540 g/mol. The number of H-pyrrole nitrogens is 1. The quantitative estimate of drug-likeness (QED) is 0.379. The predicted molar refractivity (Wildman–Crippen MR) is 160 cm³/mol. The van der Waals surface area contributed by atoms with Gasteiger partial charge in [0.1, 0.15) is 5.82 Å². The fraction of sp³-hybridized carbons (Fsp3) is 0.438. The van der Waals surface area contributed by atoms with Crippen molar-refractivity contribution < 1.29 is 4.79 Å². The van der Waals surface area contributed by atoms with Crippen LogP contribution >= 0.6 is 0 Å². The Kier molecular flexibility index (Phi) is 7.27. The number of allylic oxidation sites excluding steroid dienone is 2. The average molecular weight is 541 g/mol. The van der Waals surface area contributed by atoms with Crippen molar-refractivity contribution in [2.45, 2.75) is 59.0 Å². The van der Waals surface area contributed by atoms with Crippen LogP contribution in [0.2, 0.25) is 0 Å². The van der Waals surface area contributed by atoms with Gasteiger partial charge in [-0.05, 0) is 80.2 Å². The summed E-state index contributed by atoms with van der Waals surface area (Å²) in [7, 11) is 0. The van der Waals surface area contributed by atoms with E-state index in [4.69, 9.17) is 0 Å². The summed E-state index contributed by atoms with van der Waals surface area (Å²) < 4.78 is 2.41. The van der Waals surface area contributed by atoms with Gasteiger partial charge in [0.2, 0.25) is 0 Å². The third kappa shape index (κ3) is 5.08. The molecule has 1 saturated heterocycles. The van der Waals surface area contributed by atoms with Crippen molar-refractivity contribution >= 4 is 22.4 Å². The maximum Gasteiger partial charge on any atom is 0.253 e. The van der Waals surface area contributed by atoms with Gasteiger partial charge in [0.25, 0.3) is 11.5 Å². The van der Waals surface area contributed by atoms with Gasteiger partial charge in [-0.2, -0.15) is 0 Å². The molecule has 8 heteroatoms. The van der Waals surface area contributed by atoms with Gasteiger partial charge in [-0.15, -0.1) is 0 Å². The Balaban J connectivity index is 1.37. The Labute approximate surface area is 235 Å². The molecule has 6 rings (SSSR count). The summed E-state index contributed by atoms with van der Waals surface area (Å²) >= 11 is 0. The molecule has 2 aliphatic heterocycles. The number of carbonyl (C=O) groups excluding carboxylic acids is 1. The number of amides is 1. The predicted octanol–water partition coefficient (Wildman–Crippen LogP) is 4.03. The molecule has 4 heterocycles. The fourth-order valence-electron chi connectivity index (χ4n) is 6.61. The van der Waals surface area contributed by atoms with Crippen LogP contribution in [0.1, 0.15) is 70.0 Å². The number of hydrogen-bond donors (Lipinski definition) is 4. The van der Waals surface area contributed by atoms with Gasteiger partial charge in [0.15, 0.2) is 0 Å². The fourth-order valence-corrected chi connectivity index (χ4v) is 6.61. The van der Waals surface area contributed by atoms with Crippen molar-refractivity contribution in [1.82, 2.24) is 30.4 Å². The Hall–Kier alpha value is -3.78. The molecular formula is C32H40N6O2. The molecule has 8 nitrogen and oxygen atoms in total. The van der Waals surface area contributed by atoms with Gasteiger partial charge in [-0.25, -0.2) is 0 Å². The van der Waals surface area contributed by atoms with Gasteiger partial charge >= 0.3 is 0 Å². The average Bonchev–Trinajstić information content (AvgIpc) is 3.61. The summed E-state index contributed by atoms with van der Waals surface area (Å²) in [5, 5.41) is 11.1. The smallest absolute Gasteiger partial charge is 0.253 e. The van der Waals surface area contributed by atoms with Crippen molar-refractivity contribution in [2.24, 2.45) is 0 Å². The number of nitrogens with one attached hydrogen (secondary N) is 4. The lowest BCUT2D eigenvalue weighted by Gasteiger charge is -2.33. The molecule has 2 fully saturated rings. The minimum absolute atomic E-state index is 0.147. The van der Waals surface area contributed by atoms with Crippen molar-refractivity contribution in [3.8, 4) is 0 Å². The molecule has 3 aliphatic rings. The number of piperazine rings is 1. The largest absolute Gasteiger partial charge is 0.368 e. The molecule has 3 aromatic rings. The number of carbonyl (C=O) groups is 1. The van der Waals surface area contributed by atoms with Gasteiger partial charge < -0.3 is 30.4 Å². The van der Waals surface area contributed by atoms with E-state index in [2.05, 4.69) is 61.7 Å². The first-order valence-corrected chi connectivity index (χ1v) is 14.6. The molecule has 4 N–H and O–H groups in total. The van der Waals surface area contributed by atoms with E-state index in [0.29, 0.717) is 23.7 Å². The van der Waals surface area contributed by atoms with E-state index in [-0.39, 0.29) is 18.0 Å². The molecule has 40 heavy (non-hydrogen) atoms. The second-order valence-corrected chi connectivity index (χ2v) is 11.5. The number of hydrogen-bond acceptors (Lipinski definition) is 5. The molecule has 1 aromatic carbocycles. The van der Waals surface area contributed by atoms with E-state index in [9.17, 15) is 9.59 Å². The Morgan fingerprint density at radius 1 is 1.02 bits per heavy atom. The molecule has 1 aliphatic carbocycles. The number of nitrogens with zero attached hydrogens (tertiary/aromatic N) is 2. The van der Waals surface area contributed by atoms with Crippen LogP contribution in [0.15, 0.2) is 47.2 Å². The number of aromatic nitrogens is 2. The summed E-state index contributed by atoms with van der Waals surface area (Å²) in [5.41, 5.74) is 7.27. The van der Waals surface area contributed by atoms with Gasteiger partial charge in [0.05, 0.1) is 0 Å². The highest BCUT2D eigenvalue weighted by Crippen LogP contribution is 2.37. The minimum Gasteiger partial charge on any atom is -0.368 e. The second-order valence-electron chi connectivity index (χ2n) is 11.5. The SMILES string of the molecule is Cc1cc(C)c(CNC(=O)c2cc(C3=CC=C(N4CCNCC4)NC3)cc3c2c(C)cn3C2CCCC2)c(=O)[nH]1. The normalized spacial score (nSPS) is 18.0. The van der Waals surface area contributed by atoms with Crippen LogP contribution in [0.25, 0.3) is 16.5 Å². The summed E-state index contributed by atoms with van der Waals surface area (Å²) in [5.74, 6) is 1.01. The van der Waals surface area contributed by atoms with Crippen LogP contribution in [-0.2, 0) is 6.54 Å². The molecule has 210 valence electrons. The van der Waals surface area contributed by atoms with Crippen molar-refractivity contribution in [3.05, 3.63) is 86.2 Å².